The van der Waals surface area contributed by atoms with Crippen molar-refractivity contribution in [2.75, 3.05) is 19.8 Å². The van der Waals surface area contributed by atoms with Crippen molar-refractivity contribution in [1.82, 2.24) is 0 Å². The quantitative estimate of drug-likeness (QED) is 0.166. The molecule has 0 aromatic carbocycles. The fourth-order valence-corrected chi connectivity index (χ4v) is 2.85. The van der Waals surface area contributed by atoms with Crippen molar-refractivity contribution in [1.29, 1.82) is 0 Å². The van der Waals surface area contributed by atoms with Gasteiger partial charge >= 0.3 is 5.97 Å². The van der Waals surface area contributed by atoms with Gasteiger partial charge in [0.25, 0.3) is 0 Å². The second-order valence-corrected chi connectivity index (χ2v) is 7.17. The molecule has 4 heteroatoms. The number of hydrogen-bond donors (Lipinski definition) is 1. The van der Waals surface area contributed by atoms with Gasteiger partial charge in [-0.3, -0.25) is 9.79 Å². The highest BCUT2D eigenvalue weighted by atomic mass is 16.5. The predicted octanol–water partition coefficient (Wildman–Crippen LogP) is 5.85. The van der Waals surface area contributed by atoms with Gasteiger partial charge in [0, 0.05) is 19.6 Å². The van der Waals surface area contributed by atoms with Crippen LogP contribution < -0.4 is 0 Å². The molecule has 0 heterocycles. The van der Waals surface area contributed by atoms with Gasteiger partial charge < -0.3 is 9.84 Å². The summed E-state index contributed by atoms with van der Waals surface area (Å²) < 4.78 is 5.29. The van der Waals surface area contributed by atoms with E-state index in [1.165, 1.54) is 44.9 Å². The summed E-state index contributed by atoms with van der Waals surface area (Å²) in [6.07, 6.45) is 19.7. The molecule has 0 aromatic rings. The molecule has 0 radical (unpaired) electrons. The normalized spacial score (nSPS) is 11.3. The van der Waals surface area contributed by atoms with Crippen LogP contribution in [-0.2, 0) is 9.53 Å². The average molecular weight is 370 g/mol. The van der Waals surface area contributed by atoms with Crippen LogP contribution in [0.5, 0.6) is 0 Å². The number of carbonyl (C=O) groups is 1. The van der Waals surface area contributed by atoms with Crippen LogP contribution in [0.15, 0.2) is 4.99 Å². The first kappa shape index (κ1) is 25.1. The van der Waals surface area contributed by atoms with Gasteiger partial charge in [-0.05, 0) is 51.2 Å². The third-order valence-electron chi connectivity index (χ3n) is 4.55. The summed E-state index contributed by atoms with van der Waals surface area (Å²) in [5.41, 5.74) is 0. The minimum atomic E-state index is -0.0179. The van der Waals surface area contributed by atoms with E-state index in [2.05, 4.69) is 11.9 Å². The van der Waals surface area contributed by atoms with E-state index in [1.54, 1.807) is 0 Å². The zero-order valence-electron chi connectivity index (χ0n) is 17.2. The summed E-state index contributed by atoms with van der Waals surface area (Å²) in [4.78, 5) is 16.0. The first-order valence-electron chi connectivity index (χ1n) is 11.1. The lowest BCUT2D eigenvalue weighted by molar-refractivity contribution is -0.143. The van der Waals surface area contributed by atoms with E-state index in [9.17, 15) is 4.79 Å². The van der Waals surface area contributed by atoms with E-state index in [1.807, 2.05) is 6.21 Å². The second-order valence-electron chi connectivity index (χ2n) is 7.17. The summed E-state index contributed by atoms with van der Waals surface area (Å²) >= 11 is 0. The standard InChI is InChI=1S/C22H43NO3/c1-2-3-4-5-8-12-17-22(25)26-21-16-10-7-6-9-13-18-23-19-14-11-15-20-24/h18,24H,2-17,19-21H2,1H3. The van der Waals surface area contributed by atoms with Crippen molar-refractivity contribution in [2.45, 2.75) is 110 Å². The number of aliphatic hydroxyl groups is 1. The molecule has 0 bridgehead atoms. The number of carbonyl (C=O) groups excluding carboxylic acids is 1. The summed E-state index contributed by atoms with van der Waals surface area (Å²) in [6.45, 7) is 3.99. The molecule has 0 rings (SSSR count). The number of hydrogen-bond acceptors (Lipinski definition) is 4. The number of nitrogens with zero attached hydrogens (tertiary/aromatic N) is 1. The maximum Gasteiger partial charge on any atom is 0.305 e. The van der Waals surface area contributed by atoms with E-state index in [-0.39, 0.29) is 5.97 Å². The van der Waals surface area contributed by atoms with E-state index < -0.39 is 0 Å². The molecule has 0 saturated carbocycles. The van der Waals surface area contributed by atoms with Crippen molar-refractivity contribution in [3.8, 4) is 0 Å². The SMILES string of the molecule is CCCCCCCCC(=O)OCCCCCCCC=NCCCCCO. The van der Waals surface area contributed by atoms with Crippen molar-refractivity contribution in [3.63, 3.8) is 0 Å². The lowest BCUT2D eigenvalue weighted by Gasteiger charge is -2.05. The highest BCUT2D eigenvalue weighted by Crippen LogP contribution is 2.08. The molecule has 0 spiro atoms. The van der Waals surface area contributed by atoms with Crippen LogP contribution in [0, 0.1) is 0 Å². The summed E-state index contributed by atoms with van der Waals surface area (Å²) in [5.74, 6) is -0.0179. The van der Waals surface area contributed by atoms with E-state index >= 15 is 0 Å². The van der Waals surface area contributed by atoms with Crippen LogP contribution in [0.3, 0.4) is 0 Å². The van der Waals surface area contributed by atoms with Crippen LogP contribution in [0.1, 0.15) is 110 Å². The van der Waals surface area contributed by atoms with Gasteiger partial charge in [0.1, 0.15) is 0 Å². The molecule has 0 aliphatic rings. The Balaban J connectivity index is 3.18. The first-order chi connectivity index (χ1) is 12.8. The monoisotopic (exact) mass is 369 g/mol. The Bertz CT molecular complexity index is 319. The Labute approximate surface area is 161 Å². The third-order valence-corrected chi connectivity index (χ3v) is 4.55. The Hall–Kier alpha value is -0.900. The zero-order valence-corrected chi connectivity index (χ0v) is 17.2. The Morgan fingerprint density at radius 2 is 1.50 bits per heavy atom. The van der Waals surface area contributed by atoms with Crippen molar-refractivity contribution < 1.29 is 14.6 Å². The maximum atomic E-state index is 11.6. The van der Waals surface area contributed by atoms with Gasteiger partial charge in [0.2, 0.25) is 0 Å². The molecule has 0 saturated heterocycles. The smallest absolute Gasteiger partial charge is 0.305 e. The summed E-state index contributed by atoms with van der Waals surface area (Å²) in [7, 11) is 0. The van der Waals surface area contributed by atoms with Crippen molar-refractivity contribution in [2.24, 2.45) is 4.99 Å². The fourth-order valence-electron chi connectivity index (χ4n) is 2.85. The number of aliphatic imine (C=N–C) groups is 1. The molecule has 0 aliphatic carbocycles. The van der Waals surface area contributed by atoms with Gasteiger partial charge in [0.05, 0.1) is 6.61 Å². The summed E-state index contributed by atoms with van der Waals surface area (Å²) in [6, 6.07) is 0. The van der Waals surface area contributed by atoms with Gasteiger partial charge in [-0.25, -0.2) is 0 Å². The highest BCUT2D eigenvalue weighted by Gasteiger charge is 2.02. The maximum absolute atomic E-state index is 11.6. The zero-order chi connectivity index (χ0) is 19.1. The Kier molecular flexibility index (Phi) is 21.4. The van der Waals surface area contributed by atoms with E-state index in [0.717, 1.165) is 57.9 Å². The highest BCUT2D eigenvalue weighted by molar-refractivity contribution is 5.69. The van der Waals surface area contributed by atoms with E-state index in [4.69, 9.17) is 9.84 Å². The number of unbranched alkanes of at least 4 members (excludes halogenated alkanes) is 12. The van der Waals surface area contributed by atoms with Crippen LogP contribution in [0.4, 0.5) is 0 Å². The molecule has 0 unspecified atom stereocenters. The summed E-state index contributed by atoms with van der Waals surface area (Å²) in [5, 5.41) is 8.68. The van der Waals surface area contributed by atoms with Crippen molar-refractivity contribution in [3.05, 3.63) is 0 Å². The van der Waals surface area contributed by atoms with Gasteiger partial charge in [-0.15, -0.1) is 0 Å². The topological polar surface area (TPSA) is 58.9 Å². The minimum Gasteiger partial charge on any atom is -0.466 e. The number of aliphatic hydroxyl groups excluding tert-OH is 1. The molecule has 4 nitrogen and oxygen atoms in total. The lowest BCUT2D eigenvalue weighted by Crippen LogP contribution is -2.05. The molecular weight excluding hydrogens is 326 g/mol. The number of ether oxygens (including phenoxy) is 1. The number of esters is 1. The molecule has 0 aromatic heterocycles. The largest absolute Gasteiger partial charge is 0.466 e. The molecule has 1 N–H and O–H groups in total. The molecule has 0 fully saturated rings. The Morgan fingerprint density at radius 1 is 0.846 bits per heavy atom. The average Bonchev–Trinajstić information content (AvgIpc) is 2.65. The van der Waals surface area contributed by atoms with Crippen LogP contribution in [-0.4, -0.2) is 37.0 Å². The van der Waals surface area contributed by atoms with Crippen molar-refractivity contribution >= 4 is 12.2 Å². The third kappa shape index (κ3) is 21.1. The predicted molar refractivity (Wildman–Crippen MR) is 111 cm³/mol. The molecular formula is C22H43NO3. The van der Waals surface area contributed by atoms with Crippen LogP contribution in [0.25, 0.3) is 0 Å². The van der Waals surface area contributed by atoms with E-state index in [0.29, 0.717) is 19.6 Å². The molecule has 26 heavy (non-hydrogen) atoms. The van der Waals surface area contributed by atoms with Gasteiger partial charge in [-0.1, -0.05) is 58.3 Å². The molecule has 0 amide bonds. The van der Waals surface area contributed by atoms with Gasteiger partial charge in [-0.2, -0.15) is 0 Å². The number of rotatable bonds is 20. The van der Waals surface area contributed by atoms with Crippen LogP contribution >= 0.6 is 0 Å². The van der Waals surface area contributed by atoms with Crippen LogP contribution in [0.2, 0.25) is 0 Å². The minimum absolute atomic E-state index is 0.0179. The van der Waals surface area contributed by atoms with Gasteiger partial charge in [0.15, 0.2) is 0 Å². The molecule has 154 valence electrons. The second kappa shape index (κ2) is 22.1. The fraction of sp³-hybridized carbons (Fsp3) is 0.909. The molecule has 0 aliphatic heterocycles. The molecule has 0 atom stereocenters. The lowest BCUT2D eigenvalue weighted by atomic mass is 10.1. The first-order valence-corrected chi connectivity index (χ1v) is 11.1. The Morgan fingerprint density at radius 3 is 2.27 bits per heavy atom.